The first-order valence-corrected chi connectivity index (χ1v) is 10.1. The Bertz CT molecular complexity index is 1130. The van der Waals surface area contributed by atoms with E-state index in [1.807, 2.05) is 6.07 Å². The van der Waals surface area contributed by atoms with E-state index in [1.54, 1.807) is 48.5 Å². The standard InChI is InChI=1S/C25H23FN2O4/c1-17(29)32-22-10-5-8-19(15-22)25(31)28-23-11-3-2-7-20(23)16-27-24(30)13-12-18-6-4-9-21(26)14-18/h2-11,14-15H,12-13,16H2,1H3,(H,27,30)(H,28,31). The van der Waals surface area contributed by atoms with Gasteiger partial charge in [0.25, 0.3) is 5.91 Å². The van der Waals surface area contributed by atoms with E-state index >= 15 is 0 Å². The van der Waals surface area contributed by atoms with Gasteiger partial charge in [0.1, 0.15) is 11.6 Å². The van der Waals surface area contributed by atoms with Gasteiger partial charge in [-0.15, -0.1) is 0 Å². The summed E-state index contributed by atoms with van der Waals surface area (Å²) in [7, 11) is 0. The van der Waals surface area contributed by atoms with E-state index in [0.29, 0.717) is 17.7 Å². The average molecular weight is 434 g/mol. The zero-order valence-corrected chi connectivity index (χ0v) is 17.6. The number of benzene rings is 3. The Hall–Kier alpha value is -4.00. The van der Waals surface area contributed by atoms with Gasteiger partial charge in [-0.05, 0) is 53.9 Å². The molecule has 3 aromatic carbocycles. The quantitative estimate of drug-likeness (QED) is 0.410. The Kier molecular flexibility index (Phi) is 7.70. The molecular weight excluding hydrogens is 411 g/mol. The summed E-state index contributed by atoms with van der Waals surface area (Å²) in [5.74, 6) is -1.07. The highest BCUT2D eigenvalue weighted by atomic mass is 19.1. The van der Waals surface area contributed by atoms with Gasteiger partial charge >= 0.3 is 5.97 Å². The Morgan fingerprint density at radius 2 is 1.72 bits per heavy atom. The number of ether oxygens (including phenoxy) is 1. The Balaban J connectivity index is 1.59. The van der Waals surface area contributed by atoms with Crippen molar-refractivity contribution in [3.63, 3.8) is 0 Å². The van der Waals surface area contributed by atoms with Crippen LogP contribution in [0.25, 0.3) is 0 Å². The van der Waals surface area contributed by atoms with Crippen molar-refractivity contribution < 1.29 is 23.5 Å². The highest BCUT2D eigenvalue weighted by Gasteiger charge is 2.11. The third-order valence-corrected chi connectivity index (χ3v) is 4.63. The number of anilines is 1. The van der Waals surface area contributed by atoms with Crippen molar-refractivity contribution in [2.75, 3.05) is 5.32 Å². The zero-order chi connectivity index (χ0) is 22.9. The Morgan fingerprint density at radius 1 is 0.938 bits per heavy atom. The summed E-state index contributed by atoms with van der Waals surface area (Å²) < 4.78 is 18.3. The summed E-state index contributed by atoms with van der Waals surface area (Å²) in [5.41, 5.74) is 2.37. The number of para-hydroxylation sites is 1. The zero-order valence-electron chi connectivity index (χ0n) is 17.6. The molecule has 0 fully saturated rings. The van der Waals surface area contributed by atoms with Crippen LogP contribution >= 0.6 is 0 Å². The molecule has 0 aliphatic carbocycles. The van der Waals surface area contributed by atoms with Gasteiger partial charge in [0.15, 0.2) is 0 Å². The van der Waals surface area contributed by atoms with Crippen molar-refractivity contribution in [3.8, 4) is 5.75 Å². The molecule has 0 aliphatic rings. The molecule has 0 spiro atoms. The van der Waals surface area contributed by atoms with Crippen LogP contribution in [0.15, 0.2) is 72.8 Å². The van der Waals surface area contributed by atoms with E-state index in [9.17, 15) is 18.8 Å². The summed E-state index contributed by atoms with van der Waals surface area (Å²) in [6.07, 6.45) is 0.654. The van der Waals surface area contributed by atoms with Gasteiger partial charge in [-0.1, -0.05) is 36.4 Å². The molecule has 0 saturated carbocycles. The lowest BCUT2D eigenvalue weighted by Crippen LogP contribution is -2.24. The van der Waals surface area contributed by atoms with Crippen molar-refractivity contribution in [2.45, 2.75) is 26.3 Å². The fraction of sp³-hybridized carbons (Fsp3) is 0.160. The molecule has 6 nitrogen and oxygen atoms in total. The van der Waals surface area contributed by atoms with E-state index in [-0.39, 0.29) is 36.3 Å². The molecule has 0 bridgehead atoms. The number of rotatable bonds is 8. The first-order chi connectivity index (χ1) is 15.4. The fourth-order valence-electron chi connectivity index (χ4n) is 3.09. The molecule has 0 atom stereocenters. The number of hydrogen-bond acceptors (Lipinski definition) is 4. The molecule has 7 heteroatoms. The number of amides is 2. The lowest BCUT2D eigenvalue weighted by Gasteiger charge is -2.12. The Morgan fingerprint density at radius 3 is 2.50 bits per heavy atom. The summed E-state index contributed by atoms with van der Waals surface area (Å²) in [6.45, 7) is 1.52. The summed E-state index contributed by atoms with van der Waals surface area (Å²) >= 11 is 0. The van der Waals surface area contributed by atoms with Gasteiger partial charge in [0.2, 0.25) is 5.91 Å². The van der Waals surface area contributed by atoms with Crippen molar-refractivity contribution in [1.29, 1.82) is 0 Å². The third-order valence-electron chi connectivity index (χ3n) is 4.63. The van der Waals surface area contributed by atoms with Crippen LogP contribution in [0.1, 0.15) is 34.8 Å². The van der Waals surface area contributed by atoms with E-state index in [4.69, 9.17) is 4.74 Å². The first kappa shape index (κ1) is 22.7. The van der Waals surface area contributed by atoms with Crippen molar-refractivity contribution >= 4 is 23.5 Å². The highest BCUT2D eigenvalue weighted by molar-refractivity contribution is 6.05. The lowest BCUT2D eigenvalue weighted by molar-refractivity contribution is -0.131. The molecule has 3 rings (SSSR count). The second-order valence-corrected chi connectivity index (χ2v) is 7.14. The topological polar surface area (TPSA) is 84.5 Å². The van der Waals surface area contributed by atoms with Crippen LogP contribution in [0.3, 0.4) is 0 Å². The highest BCUT2D eigenvalue weighted by Crippen LogP contribution is 2.19. The van der Waals surface area contributed by atoms with Gasteiger partial charge in [0, 0.05) is 31.1 Å². The maximum absolute atomic E-state index is 13.3. The molecule has 32 heavy (non-hydrogen) atoms. The summed E-state index contributed by atoms with van der Waals surface area (Å²) in [4.78, 5) is 36.0. The van der Waals surface area contributed by atoms with E-state index in [1.165, 1.54) is 25.1 Å². The smallest absolute Gasteiger partial charge is 0.308 e. The first-order valence-electron chi connectivity index (χ1n) is 10.1. The van der Waals surface area contributed by atoms with Gasteiger partial charge in [0.05, 0.1) is 0 Å². The molecule has 2 N–H and O–H groups in total. The number of halogens is 1. The maximum Gasteiger partial charge on any atom is 0.308 e. The van der Waals surface area contributed by atoms with Crippen LogP contribution < -0.4 is 15.4 Å². The normalized spacial score (nSPS) is 10.3. The van der Waals surface area contributed by atoms with Gasteiger partial charge < -0.3 is 15.4 Å². The molecule has 2 amide bonds. The monoisotopic (exact) mass is 434 g/mol. The van der Waals surface area contributed by atoms with Gasteiger partial charge in [-0.3, -0.25) is 14.4 Å². The molecule has 164 valence electrons. The maximum atomic E-state index is 13.3. The fourth-order valence-corrected chi connectivity index (χ4v) is 3.09. The number of aryl methyl sites for hydroxylation is 1. The average Bonchev–Trinajstić information content (AvgIpc) is 2.77. The second-order valence-electron chi connectivity index (χ2n) is 7.14. The SMILES string of the molecule is CC(=O)Oc1cccc(C(=O)Nc2ccccc2CNC(=O)CCc2cccc(F)c2)c1. The van der Waals surface area contributed by atoms with E-state index in [2.05, 4.69) is 10.6 Å². The van der Waals surface area contributed by atoms with Crippen molar-refractivity contribution in [2.24, 2.45) is 0 Å². The number of nitrogens with one attached hydrogen (secondary N) is 2. The number of carbonyl (C=O) groups excluding carboxylic acids is 3. The molecule has 0 saturated heterocycles. The minimum atomic E-state index is -0.471. The van der Waals surface area contributed by atoms with Crippen molar-refractivity contribution in [1.82, 2.24) is 5.32 Å². The summed E-state index contributed by atoms with van der Waals surface area (Å²) in [5, 5.41) is 5.65. The largest absolute Gasteiger partial charge is 0.427 e. The summed E-state index contributed by atoms with van der Waals surface area (Å²) in [6, 6.07) is 19.6. The van der Waals surface area contributed by atoms with Crippen LogP contribution in [0, 0.1) is 5.82 Å². The van der Waals surface area contributed by atoms with Gasteiger partial charge in [-0.25, -0.2) is 4.39 Å². The van der Waals surface area contributed by atoms with Crippen LogP contribution in [-0.2, 0) is 22.6 Å². The lowest BCUT2D eigenvalue weighted by atomic mass is 10.1. The number of carbonyl (C=O) groups is 3. The van der Waals surface area contributed by atoms with E-state index < -0.39 is 5.97 Å². The number of hydrogen-bond donors (Lipinski definition) is 2. The van der Waals surface area contributed by atoms with Crippen LogP contribution in [0.2, 0.25) is 0 Å². The van der Waals surface area contributed by atoms with Crippen molar-refractivity contribution in [3.05, 3.63) is 95.3 Å². The third kappa shape index (κ3) is 6.77. The molecule has 0 heterocycles. The molecule has 3 aromatic rings. The van der Waals surface area contributed by atoms with Gasteiger partial charge in [-0.2, -0.15) is 0 Å². The molecule has 0 radical (unpaired) electrons. The predicted molar refractivity (Wildman–Crippen MR) is 119 cm³/mol. The molecular formula is C25H23FN2O4. The van der Waals surface area contributed by atoms with Crippen LogP contribution in [-0.4, -0.2) is 17.8 Å². The minimum Gasteiger partial charge on any atom is -0.427 e. The molecule has 0 aromatic heterocycles. The number of esters is 1. The molecule has 0 aliphatic heterocycles. The Labute approximate surface area is 185 Å². The van der Waals surface area contributed by atoms with Crippen LogP contribution in [0.5, 0.6) is 5.75 Å². The predicted octanol–water partition coefficient (Wildman–Crippen LogP) is 4.25. The molecule has 0 unspecified atom stereocenters. The van der Waals surface area contributed by atoms with E-state index in [0.717, 1.165) is 11.1 Å². The minimum absolute atomic E-state index is 0.176. The van der Waals surface area contributed by atoms with Crippen LogP contribution in [0.4, 0.5) is 10.1 Å². The second kappa shape index (κ2) is 10.9.